The van der Waals surface area contributed by atoms with Crippen LogP contribution in [0.5, 0.6) is 0 Å². The maximum atomic E-state index is 12.7. The zero-order chi connectivity index (χ0) is 18.9. The van der Waals surface area contributed by atoms with E-state index in [9.17, 15) is 8.42 Å². The van der Waals surface area contributed by atoms with E-state index >= 15 is 0 Å². The summed E-state index contributed by atoms with van der Waals surface area (Å²) in [5.41, 5.74) is 1.43. The largest absolute Gasteiger partial charge is 0.372 e. The minimum Gasteiger partial charge on any atom is -0.372 e. The van der Waals surface area contributed by atoms with E-state index in [1.807, 2.05) is 25.1 Å². The number of nitrogens with zero attached hydrogens (tertiary/aromatic N) is 3. The van der Waals surface area contributed by atoms with Crippen molar-refractivity contribution < 1.29 is 17.9 Å². The van der Waals surface area contributed by atoms with Gasteiger partial charge in [0, 0.05) is 44.2 Å². The van der Waals surface area contributed by atoms with Crippen LogP contribution in [0.15, 0.2) is 47.6 Å². The quantitative estimate of drug-likeness (QED) is 0.777. The van der Waals surface area contributed by atoms with Crippen molar-refractivity contribution in [2.45, 2.75) is 43.0 Å². The fraction of sp³-hybridized carbons (Fsp3) is 0.474. The molecule has 1 spiro atoms. The van der Waals surface area contributed by atoms with Crippen molar-refractivity contribution in [3.05, 3.63) is 54.1 Å². The lowest BCUT2D eigenvalue weighted by molar-refractivity contribution is -0.180. The normalized spacial score (nSPS) is 22.5. The molecule has 2 saturated heterocycles. The SMILES string of the molecule is Cc1cccc(COC2CCOC3(C2)CN(S(=O)(=O)c2cccnc2)C3)n1. The lowest BCUT2D eigenvalue weighted by Crippen LogP contribution is -2.67. The summed E-state index contributed by atoms with van der Waals surface area (Å²) in [6.07, 6.45) is 4.49. The number of aromatic nitrogens is 2. The molecule has 0 amide bonds. The molecule has 8 heteroatoms. The van der Waals surface area contributed by atoms with Gasteiger partial charge in [-0.15, -0.1) is 0 Å². The molecule has 2 fully saturated rings. The number of aryl methyl sites for hydroxylation is 1. The summed E-state index contributed by atoms with van der Waals surface area (Å²) < 4.78 is 38.8. The molecule has 0 aliphatic carbocycles. The van der Waals surface area contributed by atoms with Crippen LogP contribution in [0.4, 0.5) is 0 Å². The molecule has 2 aliphatic heterocycles. The molecule has 0 radical (unpaired) electrons. The van der Waals surface area contributed by atoms with Gasteiger partial charge in [-0.05, 0) is 37.6 Å². The maximum absolute atomic E-state index is 12.7. The Labute approximate surface area is 159 Å². The molecule has 0 bridgehead atoms. The molecule has 27 heavy (non-hydrogen) atoms. The van der Waals surface area contributed by atoms with Gasteiger partial charge in [0.2, 0.25) is 10.0 Å². The summed E-state index contributed by atoms with van der Waals surface area (Å²) in [7, 11) is -3.52. The van der Waals surface area contributed by atoms with Crippen molar-refractivity contribution in [3.8, 4) is 0 Å². The molecule has 2 aromatic heterocycles. The zero-order valence-electron chi connectivity index (χ0n) is 15.2. The fourth-order valence-corrected chi connectivity index (χ4v) is 5.20. The van der Waals surface area contributed by atoms with Gasteiger partial charge in [-0.25, -0.2) is 8.42 Å². The van der Waals surface area contributed by atoms with Crippen LogP contribution in [0, 0.1) is 6.92 Å². The van der Waals surface area contributed by atoms with Gasteiger partial charge in [0.05, 0.1) is 24.0 Å². The molecule has 0 saturated carbocycles. The lowest BCUT2D eigenvalue weighted by Gasteiger charge is -2.52. The van der Waals surface area contributed by atoms with E-state index in [0.29, 0.717) is 32.7 Å². The highest BCUT2D eigenvalue weighted by atomic mass is 32.2. The number of hydrogen-bond acceptors (Lipinski definition) is 6. The van der Waals surface area contributed by atoms with E-state index in [0.717, 1.165) is 17.8 Å². The molecule has 1 unspecified atom stereocenters. The summed E-state index contributed by atoms with van der Waals surface area (Å²) in [5.74, 6) is 0. The Kier molecular flexibility index (Phi) is 4.98. The minimum absolute atomic E-state index is 0.0457. The van der Waals surface area contributed by atoms with Gasteiger partial charge in [-0.3, -0.25) is 9.97 Å². The Bertz CT molecular complexity index is 898. The fourth-order valence-electron chi connectivity index (χ4n) is 3.64. The van der Waals surface area contributed by atoms with E-state index < -0.39 is 15.6 Å². The molecule has 7 nitrogen and oxygen atoms in total. The Balaban J connectivity index is 1.35. The van der Waals surface area contributed by atoms with Crippen molar-refractivity contribution in [2.75, 3.05) is 19.7 Å². The minimum atomic E-state index is -3.52. The summed E-state index contributed by atoms with van der Waals surface area (Å²) in [6, 6.07) is 9.07. The summed E-state index contributed by atoms with van der Waals surface area (Å²) in [4.78, 5) is 8.58. The van der Waals surface area contributed by atoms with Crippen LogP contribution in [-0.2, 0) is 26.1 Å². The number of hydrogen-bond donors (Lipinski definition) is 0. The Morgan fingerprint density at radius 1 is 1.30 bits per heavy atom. The van der Waals surface area contributed by atoms with E-state index in [4.69, 9.17) is 9.47 Å². The van der Waals surface area contributed by atoms with E-state index in [-0.39, 0.29) is 11.0 Å². The second-order valence-corrected chi connectivity index (χ2v) is 9.13. The summed E-state index contributed by atoms with van der Waals surface area (Å²) in [6.45, 7) is 3.70. The first kappa shape index (κ1) is 18.5. The predicted octanol–water partition coefficient (Wildman–Crippen LogP) is 1.92. The molecule has 4 rings (SSSR count). The standard InChI is InChI=1S/C19H23N3O4S/c1-15-4-2-5-16(21-15)12-25-17-7-9-26-19(10-17)13-22(14-19)27(23,24)18-6-3-8-20-11-18/h2-6,8,11,17H,7,9-10,12-14H2,1H3. The molecule has 1 atom stereocenters. The molecular formula is C19H23N3O4S. The molecule has 2 aromatic rings. The Morgan fingerprint density at radius 3 is 2.89 bits per heavy atom. The van der Waals surface area contributed by atoms with Gasteiger partial charge >= 0.3 is 0 Å². The van der Waals surface area contributed by atoms with Crippen LogP contribution in [0.25, 0.3) is 0 Å². The van der Waals surface area contributed by atoms with Crippen molar-refractivity contribution in [1.29, 1.82) is 0 Å². The first-order valence-electron chi connectivity index (χ1n) is 9.05. The van der Waals surface area contributed by atoms with Gasteiger partial charge < -0.3 is 9.47 Å². The van der Waals surface area contributed by atoms with Crippen molar-refractivity contribution in [2.24, 2.45) is 0 Å². The van der Waals surface area contributed by atoms with Crippen LogP contribution in [-0.4, -0.2) is 54.1 Å². The monoisotopic (exact) mass is 389 g/mol. The topological polar surface area (TPSA) is 81.6 Å². The van der Waals surface area contributed by atoms with Gasteiger partial charge in [-0.1, -0.05) is 6.07 Å². The molecule has 4 heterocycles. The number of ether oxygens (including phenoxy) is 2. The third kappa shape index (κ3) is 3.89. The van der Waals surface area contributed by atoms with Crippen LogP contribution < -0.4 is 0 Å². The van der Waals surface area contributed by atoms with Gasteiger partial charge in [0.15, 0.2) is 0 Å². The van der Waals surface area contributed by atoms with E-state index in [1.165, 1.54) is 10.5 Å². The van der Waals surface area contributed by atoms with Gasteiger partial charge in [0.1, 0.15) is 4.90 Å². The van der Waals surface area contributed by atoms with E-state index in [2.05, 4.69) is 9.97 Å². The summed E-state index contributed by atoms with van der Waals surface area (Å²) in [5, 5.41) is 0. The smallest absolute Gasteiger partial charge is 0.244 e. The van der Waals surface area contributed by atoms with Gasteiger partial charge in [0.25, 0.3) is 0 Å². The Hall–Kier alpha value is -1.87. The average molecular weight is 389 g/mol. The molecule has 2 aliphatic rings. The molecule has 0 aromatic carbocycles. The predicted molar refractivity (Wildman–Crippen MR) is 98.5 cm³/mol. The van der Waals surface area contributed by atoms with Gasteiger partial charge in [-0.2, -0.15) is 4.31 Å². The van der Waals surface area contributed by atoms with Crippen LogP contribution in [0.2, 0.25) is 0 Å². The highest BCUT2D eigenvalue weighted by molar-refractivity contribution is 7.89. The van der Waals surface area contributed by atoms with Crippen molar-refractivity contribution >= 4 is 10.0 Å². The maximum Gasteiger partial charge on any atom is 0.244 e. The molecular weight excluding hydrogens is 366 g/mol. The first-order chi connectivity index (χ1) is 13.0. The van der Waals surface area contributed by atoms with Crippen LogP contribution >= 0.6 is 0 Å². The van der Waals surface area contributed by atoms with Crippen LogP contribution in [0.3, 0.4) is 0 Å². The number of pyridine rings is 2. The molecule has 0 N–H and O–H groups in total. The zero-order valence-corrected chi connectivity index (χ0v) is 16.1. The van der Waals surface area contributed by atoms with Crippen molar-refractivity contribution in [3.63, 3.8) is 0 Å². The molecule has 144 valence electrons. The number of sulfonamides is 1. The number of rotatable bonds is 5. The third-order valence-electron chi connectivity index (χ3n) is 5.06. The average Bonchev–Trinajstić information content (AvgIpc) is 2.65. The summed E-state index contributed by atoms with van der Waals surface area (Å²) >= 11 is 0. The second kappa shape index (κ2) is 7.27. The highest BCUT2D eigenvalue weighted by Gasteiger charge is 2.52. The Morgan fingerprint density at radius 2 is 2.15 bits per heavy atom. The third-order valence-corrected chi connectivity index (χ3v) is 6.84. The van der Waals surface area contributed by atoms with E-state index in [1.54, 1.807) is 18.3 Å². The first-order valence-corrected chi connectivity index (χ1v) is 10.5. The van der Waals surface area contributed by atoms with Crippen LogP contribution in [0.1, 0.15) is 24.2 Å². The highest BCUT2D eigenvalue weighted by Crippen LogP contribution is 2.38. The second-order valence-electron chi connectivity index (χ2n) is 7.19. The van der Waals surface area contributed by atoms with Crippen molar-refractivity contribution in [1.82, 2.24) is 14.3 Å². The lowest BCUT2D eigenvalue weighted by atomic mass is 9.86.